The minimum Gasteiger partial charge on any atom is -0.383 e. The number of nitrogen functional groups attached to an aromatic ring is 1. The van der Waals surface area contributed by atoms with Crippen molar-refractivity contribution >= 4 is 5.82 Å². The van der Waals surface area contributed by atoms with E-state index in [4.69, 9.17) is 5.73 Å². The summed E-state index contributed by atoms with van der Waals surface area (Å²) < 4.78 is 41.1. The number of halogens is 3. The molecule has 23 heavy (non-hydrogen) atoms. The summed E-state index contributed by atoms with van der Waals surface area (Å²) in [6, 6.07) is 1.50. The normalized spacial score (nSPS) is 18.4. The van der Waals surface area contributed by atoms with E-state index in [0.29, 0.717) is 23.2 Å². The van der Waals surface area contributed by atoms with E-state index in [2.05, 4.69) is 14.5 Å². The molecule has 2 fully saturated rings. The average Bonchev–Trinajstić information content (AvgIpc) is 3.38. The number of nitrogens with two attached hydrogens (primary N) is 1. The highest BCUT2D eigenvalue weighted by Crippen LogP contribution is 2.40. The summed E-state index contributed by atoms with van der Waals surface area (Å²) in [5, 5.41) is 0. The average molecular weight is 322 g/mol. The van der Waals surface area contributed by atoms with Gasteiger partial charge in [-0.05, 0) is 37.7 Å². The Labute approximate surface area is 131 Å². The molecule has 2 N–H and O–H groups in total. The van der Waals surface area contributed by atoms with Gasteiger partial charge in [-0.3, -0.25) is 0 Å². The van der Waals surface area contributed by atoms with Crippen molar-refractivity contribution in [3.05, 3.63) is 29.8 Å². The molecule has 0 saturated heterocycles. The van der Waals surface area contributed by atoms with Gasteiger partial charge in [0.2, 0.25) is 0 Å². The van der Waals surface area contributed by atoms with Crippen LogP contribution in [0, 0.1) is 5.92 Å². The van der Waals surface area contributed by atoms with Crippen molar-refractivity contribution in [2.24, 2.45) is 5.92 Å². The van der Waals surface area contributed by atoms with Crippen LogP contribution in [0.2, 0.25) is 0 Å². The third kappa shape index (κ3) is 2.92. The van der Waals surface area contributed by atoms with Crippen LogP contribution in [-0.2, 0) is 12.6 Å². The number of hydrogen-bond donors (Lipinski definition) is 1. The van der Waals surface area contributed by atoms with Gasteiger partial charge in [-0.1, -0.05) is 0 Å². The zero-order chi connectivity index (χ0) is 16.2. The predicted octanol–water partition coefficient (Wildman–Crippen LogP) is 3.83. The van der Waals surface area contributed by atoms with Crippen LogP contribution in [0.3, 0.4) is 0 Å². The lowest BCUT2D eigenvalue weighted by molar-refractivity contribution is -0.137. The van der Waals surface area contributed by atoms with Crippen molar-refractivity contribution in [1.29, 1.82) is 0 Å². The van der Waals surface area contributed by atoms with Gasteiger partial charge in [-0.2, -0.15) is 13.2 Å². The molecule has 0 spiro atoms. The number of imidazole rings is 1. The molecule has 4 rings (SSSR count). The molecule has 122 valence electrons. The summed E-state index contributed by atoms with van der Waals surface area (Å²) >= 11 is 0. The van der Waals surface area contributed by atoms with Gasteiger partial charge in [0, 0.05) is 30.4 Å². The van der Waals surface area contributed by atoms with Crippen LogP contribution in [0.4, 0.5) is 19.0 Å². The molecule has 0 aliphatic heterocycles. The molecule has 2 aromatic rings. The van der Waals surface area contributed by atoms with E-state index in [1.54, 1.807) is 0 Å². The first-order valence-corrected chi connectivity index (χ1v) is 7.82. The lowest BCUT2D eigenvalue weighted by atomic mass is 10.1. The van der Waals surface area contributed by atoms with Gasteiger partial charge >= 0.3 is 6.18 Å². The van der Waals surface area contributed by atoms with Crippen molar-refractivity contribution < 1.29 is 13.2 Å². The summed E-state index contributed by atoms with van der Waals surface area (Å²) in [6.07, 6.45) is 4.29. The van der Waals surface area contributed by atoms with Gasteiger partial charge < -0.3 is 10.3 Å². The lowest BCUT2D eigenvalue weighted by Crippen LogP contribution is -2.10. The van der Waals surface area contributed by atoms with Crippen LogP contribution >= 0.6 is 0 Å². The molecular formula is C16H17F3N4. The summed E-state index contributed by atoms with van der Waals surface area (Å²) in [6.45, 7) is 0. The highest BCUT2D eigenvalue weighted by Gasteiger charge is 2.35. The van der Waals surface area contributed by atoms with E-state index in [9.17, 15) is 13.2 Å². The molecule has 0 unspecified atom stereocenters. The Morgan fingerprint density at radius 3 is 2.57 bits per heavy atom. The fourth-order valence-electron chi connectivity index (χ4n) is 2.81. The summed E-state index contributed by atoms with van der Waals surface area (Å²) in [5.41, 5.74) is 5.37. The van der Waals surface area contributed by atoms with Crippen LogP contribution < -0.4 is 5.73 Å². The molecular weight excluding hydrogens is 305 g/mol. The first kappa shape index (κ1) is 14.5. The molecule has 2 heterocycles. The molecule has 0 bridgehead atoms. The standard InChI is InChI=1S/C16H17F3N4/c17-16(18,19)12-6-10(7-21-15(12)20)13-8-23(11-3-4-11)14(22-13)5-9-1-2-9/h6-9,11H,1-5H2,(H2,20,21). The number of nitrogens with zero attached hydrogens (tertiary/aromatic N) is 3. The second-order valence-electron chi connectivity index (χ2n) is 6.48. The van der Waals surface area contributed by atoms with Crippen LogP contribution in [0.15, 0.2) is 18.5 Å². The Bertz CT molecular complexity index is 742. The van der Waals surface area contributed by atoms with E-state index < -0.39 is 17.6 Å². The molecule has 0 atom stereocenters. The predicted molar refractivity (Wildman–Crippen MR) is 79.6 cm³/mol. The first-order chi connectivity index (χ1) is 10.9. The second-order valence-corrected chi connectivity index (χ2v) is 6.48. The van der Waals surface area contributed by atoms with Crippen LogP contribution in [0.1, 0.15) is 43.1 Å². The topological polar surface area (TPSA) is 56.7 Å². The zero-order valence-electron chi connectivity index (χ0n) is 12.5. The van der Waals surface area contributed by atoms with Crippen molar-refractivity contribution in [2.75, 3.05) is 5.73 Å². The minimum absolute atomic E-state index is 0.364. The fourth-order valence-corrected chi connectivity index (χ4v) is 2.81. The van der Waals surface area contributed by atoms with E-state index in [1.165, 1.54) is 19.0 Å². The molecule has 2 aliphatic carbocycles. The quantitative estimate of drug-likeness (QED) is 0.930. The third-order valence-corrected chi connectivity index (χ3v) is 4.44. The van der Waals surface area contributed by atoms with Gasteiger partial charge in [-0.25, -0.2) is 9.97 Å². The molecule has 7 heteroatoms. The number of alkyl halides is 3. The van der Waals surface area contributed by atoms with Crippen LogP contribution in [0.5, 0.6) is 0 Å². The largest absolute Gasteiger partial charge is 0.419 e. The molecule has 2 aliphatic rings. The van der Waals surface area contributed by atoms with Gasteiger partial charge in [0.1, 0.15) is 11.6 Å². The smallest absolute Gasteiger partial charge is 0.383 e. The fraction of sp³-hybridized carbons (Fsp3) is 0.500. The highest BCUT2D eigenvalue weighted by molar-refractivity contribution is 5.62. The van der Waals surface area contributed by atoms with E-state index in [-0.39, 0.29) is 0 Å². The van der Waals surface area contributed by atoms with E-state index in [1.807, 2.05) is 6.20 Å². The first-order valence-electron chi connectivity index (χ1n) is 7.82. The maximum atomic E-state index is 13.0. The summed E-state index contributed by atoms with van der Waals surface area (Å²) in [7, 11) is 0. The van der Waals surface area contributed by atoms with Gasteiger partial charge in [0.05, 0.1) is 11.3 Å². The maximum absolute atomic E-state index is 13.0. The zero-order valence-corrected chi connectivity index (χ0v) is 12.5. The highest BCUT2D eigenvalue weighted by atomic mass is 19.4. The van der Waals surface area contributed by atoms with Crippen molar-refractivity contribution in [3.63, 3.8) is 0 Å². The van der Waals surface area contributed by atoms with Crippen molar-refractivity contribution in [1.82, 2.24) is 14.5 Å². The van der Waals surface area contributed by atoms with Crippen molar-refractivity contribution in [2.45, 2.75) is 44.3 Å². The monoisotopic (exact) mass is 322 g/mol. The van der Waals surface area contributed by atoms with Gasteiger partial charge in [0.15, 0.2) is 0 Å². The number of anilines is 1. The molecule has 4 nitrogen and oxygen atoms in total. The Kier molecular flexibility index (Phi) is 3.14. The Balaban J connectivity index is 1.72. The third-order valence-electron chi connectivity index (χ3n) is 4.44. The minimum atomic E-state index is -4.51. The lowest BCUT2D eigenvalue weighted by Gasteiger charge is -2.09. The van der Waals surface area contributed by atoms with E-state index in [0.717, 1.165) is 31.2 Å². The Hall–Kier alpha value is -2.05. The molecule has 0 amide bonds. The van der Waals surface area contributed by atoms with Crippen LogP contribution in [0.25, 0.3) is 11.3 Å². The number of hydrogen-bond acceptors (Lipinski definition) is 3. The van der Waals surface area contributed by atoms with Gasteiger partial charge in [-0.15, -0.1) is 0 Å². The number of aromatic nitrogens is 3. The Morgan fingerprint density at radius 1 is 1.22 bits per heavy atom. The molecule has 2 saturated carbocycles. The number of pyridine rings is 1. The number of rotatable bonds is 4. The SMILES string of the molecule is Nc1ncc(-c2cn(C3CC3)c(CC3CC3)n2)cc1C(F)(F)F. The summed E-state index contributed by atoms with van der Waals surface area (Å²) in [5.74, 6) is 1.16. The summed E-state index contributed by atoms with van der Waals surface area (Å²) in [4.78, 5) is 8.29. The second kappa shape index (κ2) is 4.97. The van der Waals surface area contributed by atoms with Crippen molar-refractivity contribution in [3.8, 4) is 11.3 Å². The van der Waals surface area contributed by atoms with E-state index >= 15 is 0 Å². The maximum Gasteiger partial charge on any atom is 0.419 e. The van der Waals surface area contributed by atoms with Gasteiger partial charge in [0.25, 0.3) is 0 Å². The molecule has 0 aromatic carbocycles. The Morgan fingerprint density at radius 2 is 1.96 bits per heavy atom. The molecule has 0 radical (unpaired) electrons. The molecule has 2 aromatic heterocycles. The van der Waals surface area contributed by atoms with Crippen LogP contribution in [-0.4, -0.2) is 14.5 Å².